The lowest BCUT2D eigenvalue weighted by Gasteiger charge is -2.42. The smallest absolute Gasteiger partial charge is 0.0772 e. The van der Waals surface area contributed by atoms with Gasteiger partial charge in [0, 0.05) is 25.8 Å². The predicted molar refractivity (Wildman–Crippen MR) is 76.6 cm³/mol. The highest BCUT2D eigenvalue weighted by atomic mass is 15.1. The third-order valence-electron chi connectivity index (χ3n) is 4.72. The fourth-order valence-electron chi connectivity index (χ4n) is 3.05. The van der Waals surface area contributed by atoms with E-state index in [4.69, 9.17) is 5.73 Å². The van der Waals surface area contributed by atoms with Crippen LogP contribution in [-0.4, -0.2) is 18.1 Å². The van der Waals surface area contributed by atoms with Crippen molar-refractivity contribution in [3.8, 4) is 0 Å². The standard InChI is InChI=1S/C15H25N3/c1-3-15(4-2)7-10-18(11-8-15)14-6-5-9-17-13(14)12-16/h5-6,9H,3-4,7-8,10-12,16H2,1-2H3. The van der Waals surface area contributed by atoms with Gasteiger partial charge in [-0.05, 0) is 30.4 Å². The average molecular weight is 247 g/mol. The van der Waals surface area contributed by atoms with Crippen LogP contribution in [-0.2, 0) is 6.54 Å². The van der Waals surface area contributed by atoms with Crippen LogP contribution in [0.2, 0.25) is 0 Å². The molecule has 0 saturated carbocycles. The highest BCUT2D eigenvalue weighted by Crippen LogP contribution is 2.39. The van der Waals surface area contributed by atoms with Crippen LogP contribution in [0.15, 0.2) is 18.3 Å². The molecule has 1 aliphatic heterocycles. The Morgan fingerprint density at radius 2 is 1.94 bits per heavy atom. The molecule has 0 unspecified atom stereocenters. The van der Waals surface area contributed by atoms with Crippen LogP contribution in [0.4, 0.5) is 5.69 Å². The van der Waals surface area contributed by atoms with Crippen LogP contribution in [0.1, 0.15) is 45.2 Å². The summed E-state index contributed by atoms with van der Waals surface area (Å²) in [5.41, 5.74) is 8.61. The van der Waals surface area contributed by atoms with Gasteiger partial charge in [-0.1, -0.05) is 26.7 Å². The molecule has 1 aromatic heterocycles. The quantitative estimate of drug-likeness (QED) is 0.889. The number of rotatable bonds is 4. The molecule has 3 heteroatoms. The van der Waals surface area contributed by atoms with Crippen LogP contribution in [0.3, 0.4) is 0 Å². The molecule has 1 saturated heterocycles. The summed E-state index contributed by atoms with van der Waals surface area (Å²) in [6.45, 7) is 7.46. The minimum Gasteiger partial charge on any atom is -0.370 e. The molecule has 2 rings (SSSR count). The molecule has 0 aromatic carbocycles. The lowest BCUT2D eigenvalue weighted by atomic mass is 9.74. The monoisotopic (exact) mass is 247 g/mol. The molecule has 2 heterocycles. The van der Waals surface area contributed by atoms with Crippen molar-refractivity contribution in [2.45, 2.75) is 46.1 Å². The zero-order valence-corrected chi connectivity index (χ0v) is 11.7. The van der Waals surface area contributed by atoms with Crippen molar-refractivity contribution in [3.63, 3.8) is 0 Å². The SMILES string of the molecule is CCC1(CC)CCN(c2cccnc2CN)CC1. The molecule has 0 bridgehead atoms. The summed E-state index contributed by atoms with van der Waals surface area (Å²) in [6, 6.07) is 4.16. The molecule has 3 nitrogen and oxygen atoms in total. The van der Waals surface area contributed by atoms with Crippen LogP contribution in [0.5, 0.6) is 0 Å². The maximum absolute atomic E-state index is 5.77. The van der Waals surface area contributed by atoms with E-state index in [2.05, 4.69) is 29.8 Å². The minimum atomic E-state index is 0.527. The van der Waals surface area contributed by atoms with Gasteiger partial charge in [0.1, 0.15) is 0 Å². The number of hydrogen-bond donors (Lipinski definition) is 1. The second-order valence-electron chi connectivity index (χ2n) is 5.37. The van der Waals surface area contributed by atoms with Gasteiger partial charge in [0.25, 0.3) is 0 Å². The zero-order chi connectivity index (χ0) is 13.0. The first kappa shape index (κ1) is 13.3. The number of pyridine rings is 1. The number of nitrogens with zero attached hydrogens (tertiary/aromatic N) is 2. The Labute approximate surface area is 110 Å². The molecule has 1 fully saturated rings. The van der Waals surface area contributed by atoms with E-state index in [9.17, 15) is 0 Å². The summed E-state index contributed by atoms with van der Waals surface area (Å²) in [5.74, 6) is 0. The van der Waals surface area contributed by atoms with Crippen molar-refractivity contribution in [1.29, 1.82) is 0 Å². The Kier molecular flexibility index (Phi) is 4.23. The number of aromatic nitrogens is 1. The van der Waals surface area contributed by atoms with Crippen molar-refractivity contribution >= 4 is 5.69 Å². The van der Waals surface area contributed by atoms with Crippen molar-refractivity contribution in [2.75, 3.05) is 18.0 Å². The molecule has 0 aliphatic carbocycles. The van der Waals surface area contributed by atoms with Crippen molar-refractivity contribution in [2.24, 2.45) is 11.1 Å². The molecule has 0 amide bonds. The second-order valence-corrected chi connectivity index (χ2v) is 5.37. The molecule has 1 aromatic rings. The van der Waals surface area contributed by atoms with Gasteiger partial charge in [-0.15, -0.1) is 0 Å². The van der Waals surface area contributed by atoms with Gasteiger partial charge in [-0.2, -0.15) is 0 Å². The van der Waals surface area contributed by atoms with Gasteiger partial charge >= 0.3 is 0 Å². The van der Waals surface area contributed by atoms with E-state index in [1.807, 2.05) is 12.3 Å². The fraction of sp³-hybridized carbons (Fsp3) is 0.667. The predicted octanol–water partition coefficient (Wildman–Crippen LogP) is 2.95. The van der Waals surface area contributed by atoms with Crippen LogP contribution in [0, 0.1) is 5.41 Å². The lowest BCUT2D eigenvalue weighted by Crippen LogP contribution is -2.40. The third-order valence-corrected chi connectivity index (χ3v) is 4.72. The summed E-state index contributed by atoms with van der Waals surface area (Å²) in [6.07, 6.45) is 7.01. The second kappa shape index (κ2) is 5.70. The summed E-state index contributed by atoms with van der Waals surface area (Å²) < 4.78 is 0. The van der Waals surface area contributed by atoms with E-state index in [1.165, 1.54) is 31.4 Å². The molecule has 1 aliphatic rings. The normalized spacial score (nSPS) is 18.9. The van der Waals surface area contributed by atoms with E-state index in [1.54, 1.807) is 0 Å². The molecule has 18 heavy (non-hydrogen) atoms. The Balaban J connectivity index is 2.10. The summed E-state index contributed by atoms with van der Waals surface area (Å²) in [5, 5.41) is 0. The number of anilines is 1. The number of nitrogens with two attached hydrogens (primary N) is 1. The van der Waals surface area contributed by atoms with Crippen molar-refractivity contribution < 1.29 is 0 Å². The number of hydrogen-bond acceptors (Lipinski definition) is 3. The summed E-state index contributed by atoms with van der Waals surface area (Å²) in [7, 11) is 0. The Morgan fingerprint density at radius 3 is 2.50 bits per heavy atom. The van der Waals surface area contributed by atoms with Gasteiger partial charge in [-0.3, -0.25) is 4.98 Å². The highest BCUT2D eigenvalue weighted by molar-refractivity contribution is 5.50. The van der Waals surface area contributed by atoms with Gasteiger partial charge in [0.15, 0.2) is 0 Å². The largest absolute Gasteiger partial charge is 0.370 e. The molecular formula is C15H25N3. The molecule has 0 atom stereocenters. The molecule has 0 radical (unpaired) electrons. The Bertz CT molecular complexity index is 375. The topological polar surface area (TPSA) is 42.2 Å². The number of piperidine rings is 1. The molecule has 2 N–H and O–H groups in total. The Hall–Kier alpha value is -1.09. The van der Waals surface area contributed by atoms with Crippen LogP contribution in [0.25, 0.3) is 0 Å². The van der Waals surface area contributed by atoms with E-state index in [0.29, 0.717) is 12.0 Å². The highest BCUT2D eigenvalue weighted by Gasteiger charge is 2.31. The van der Waals surface area contributed by atoms with Crippen LogP contribution >= 0.6 is 0 Å². The first-order valence-electron chi connectivity index (χ1n) is 7.13. The summed E-state index contributed by atoms with van der Waals surface area (Å²) in [4.78, 5) is 6.84. The van der Waals surface area contributed by atoms with E-state index >= 15 is 0 Å². The van der Waals surface area contributed by atoms with Crippen molar-refractivity contribution in [3.05, 3.63) is 24.0 Å². The van der Waals surface area contributed by atoms with E-state index < -0.39 is 0 Å². The fourth-order valence-corrected chi connectivity index (χ4v) is 3.05. The third kappa shape index (κ3) is 2.51. The molecular weight excluding hydrogens is 222 g/mol. The maximum Gasteiger partial charge on any atom is 0.0772 e. The lowest BCUT2D eigenvalue weighted by molar-refractivity contribution is 0.199. The van der Waals surface area contributed by atoms with E-state index in [-0.39, 0.29) is 0 Å². The minimum absolute atomic E-state index is 0.527. The molecule has 100 valence electrons. The van der Waals surface area contributed by atoms with Crippen LogP contribution < -0.4 is 10.6 Å². The van der Waals surface area contributed by atoms with E-state index in [0.717, 1.165) is 18.8 Å². The first-order valence-corrected chi connectivity index (χ1v) is 7.13. The Morgan fingerprint density at radius 1 is 1.28 bits per heavy atom. The maximum atomic E-state index is 5.77. The van der Waals surface area contributed by atoms with Gasteiger partial charge in [0.05, 0.1) is 11.4 Å². The van der Waals surface area contributed by atoms with Gasteiger partial charge < -0.3 is 10.6 Å². The zero-order valence-electron chi connectivity index (χ0n) is 11.7. The van der Waals surface area contributed by atoms with Crippen molar-refractivity contribution in [1.82, 2.24) is 4.98 Å². The van der Waals surface area contributed by atoms with Gasteiger partial charge in [0.2, 0.25) is 0 Å². The molecule has 0 spiro atoms. The average Bonchev–Trinajstić information content (AvgIpc) is 2.47. The van der Waals surface area contributed by atoms with Gasteiger partial charge in [-0.25, -0.2) is 0 Å². The first-order chi connectivity index (χ1) is 8.74. The summed E-state index contributed by atoms with van der Waals surface area (Å²) >= 11 is 0.